The van der Waals surface area contributed by atoms with E-state index in [-0.39, 0.29) is 10.8 Å². The fraction of sp³-hybridized carbons (Fsp3) is 0.138. The van der Waals surface area contributed by atoms with Crippen molar-refractivity contribution in [2.24, 2.45) is 0 Å². The predicted octanol–water partition coefficient (Wildman–Crippen LogP) is 16.5. The van der Waals surface area contributed by atoms with Crippen LogP contribution in [0.5, 0.6) is 0 Å². The van der Waals surface area contributed by atoms with E-state index in [4.69, 9.17) is 0 Å². The number of para-hydroxylation sites is 1. The summed E-state index contributed by atoms with van der Waals surface area (Å²) in [6, 6.07) is 71.3. The van der Waals surface area contributed by atoms with Crippen molar-refractivity contribution in [2.45, 2.75) is 52.4 Å². The predicted molar refractivity (Wildman–Crippen MR) is 259 cm³/mol. The molecule has 0 fully saturated rings. The van der Waals surface area contributed by atoms with E-state index in [2.05, 4.69) is 245 Å². The van der Waals surface area contributed by atoms with Crippen LogP contribution in [-0.4, -0.2) is 4.57 Å². The van der Waals surface area contributed by atoms with Gasteiger partial charge in [0.05, 0.1) is 11.2 Å². The number of hydrogen-bond donors (Lipinski definition) is 0. The quantitative estimate of drug-likeness (QED) is 0.153. The second kappa shape index (κ2) is 14.4. The van der Waals surface area contributed by atoms with Gasteiger partial charge >= 0.3 is 0 Å². The van der Waals surface area contributed by atoms with Gasteiger partial charge < -0.3 is 9.47 Å². The summed E-state index contributed by atoms with van der Waals surface area (Å²) in [6.45, 7) is 14.2. The lowest BCUT2D eigenvalue weighted by Crippen LogP contribution is -2.17. The van der Waals surface area contributed by atoms with Crippen LogP contribution in [0.1, 0.15) is 52.7 Å². The zero-order valence-electron chi connectivity index (χ0n) is 35.4. The van der Waals surface area contributed by atoms with Crippen molar-refractivity contribution in [2.75, 3.05) is 4.90 Å². The molecule has 9 aromatic carbocycles. The Kier molecular flexibility index (Phi) is 8.99. The van der Waals surface area contributed by atoms with Gasteiger partial charge in [0.15, 0.2) is 0 Å². The Hall–Kier alpha value is -6.90. The fourth-order valence-corrected chi connectivity index (χ4v) is 9.70. The molecular weight excluding hydrogens is 725 g/mol. The molecule has 0 N–H and O–H groups in total. The molecule has 0 saturated heterocycles. The highest BCUT2D eigenvalue weighted by Gasteiger charge is 2.30. The average Bonchev–Trinajstić information content (AvgIpc) is 3.59. The molecule has 0 unspecified atom stereocenters. The molecule has 0 aliphatic rings. The Morgan fingerprint density at radius 1 is 0.367 bits per heavy atom. The van der Waals surface area contributed by atoms with Crippen LogP contribution in [0.15, 0.2) is 194 Å². The molecule has 10 aromatic rings. The van der Waals surface area contributed by atoms with Crippen molar-refractivity contribution in [3.05, 3.63) is 205 Å². The molecule has 0 atom stereocenters. The normalized spacial score (nSPS) is 12.2. The van der Waals surface area contributed by atoms with Crippen molar-refractivity contribution in [1.29, 1.82) is 0 Å². The molecular formula is C58H50N2. The molecule has 0 aliphatic carbocycles. The summed E-state index contributed by atoms with van der Waals surface area (Å²) < 4.78 is 2.53. The monoisotopic (exact) mass is 774 g/mol. The molecule has 0 amide bonds. The minimum atomic E-state index is -0.102. The largest absolute Gasteiger partial charge is 0.310 e. The van der Waals surface area contributed by atoms with Gasteiger partial charge in [-0.2, -0.15) is 0 Å². The topological polar surface area (TPSA) is 8.17 Å². The lowest BCUT2D eigenvalue weighted by atomic mass is 9.74. The van der Waals surface area contributed by atoms with Gasteiger partial charge in [0.1, 0.15) is 0 Å². The third-order valence-corrected chi connectivity index (χ3v) is 12.1. The van der Waals surface area contributed by atoms with Crippen LogP contribution in [0.3, 0.4) is 0 Å². The molecule has 0 bridgehead atoms. The van der Waals surface area contributed by atoms with Gasteiger partial charge in [0.25, 0.3) is 0 Å². The summed E-state index contributed by atoms with van der Waals surface area (Å²) >= 11 is 0. The summed E-state index contributed by atoms with van der Waals surface area (Å²) in [6.07, 6.45) is 0. The van der Waals surface area contributed by atoms with E-state index in [1.807, 2.05) is 0 Å². The molecule has 0 spiro atoms. The number of anilines is 3. The van der Waals surface area contributed by atoms with Crippen LogP contribution in [0.4, 0.5) is 17.1 Å². The second-order valence-electron chi connectivity index (χ2n) is 18.2. The van der Waals surface area contributed by atoms with Crippen LogP contribution in [0, 0.1) is 0 Å². The number of hydrogen-bond acceptors (Lipinski definition) is 1. The van der Waals surface area contributed by atoms with Crippen LogP contribution >= 0.6 is 0 Å². The van der Waals surface area contributed by atoms with Crippen LogP contribution in [0.2, 0.25) is 0 Å². The lowest BCUT2D eigenvalue weighted by Gasteiger charge is -2.30. The summed E-state index contributed by atoms with van der Waals surface area (Å²) in [7, 11) is 0. The van der Waals surface area contributed by atoms with Gasteiger partial charge in [-0.25, -0.2) is 0 Å². The number of fused-ring (bicyclic) bond motifs is 4. The number of benzene rings is 9. The third kappa shape index (κ3) is 6.35. The smallest absolute Gasteiger partial charge is 0.0619 e. The summed E-state index contributed by atoms with van der Waals surface area (Å²) in [5.74, 6) is 0. The maximum Gasteiger partial charge on any atom is 0.0619 e. The first-order valence-electron chi connectivity index (χ1n) is 21.2. The maximum atomic E-state index is 2.53. The molecule has 1 aromatic heterocycles. The molecule has 0 aliphatic heterocycles. The first kappa shape index (κ1) is 37.4. The maximum absolute atomic E-state index is 2.53. The standard InChI is InChI=1S/C58H50N2/c1-57(2,3)54-47-28-18-19-29-48(47)55(58(4,5)6)50-38-52-51(37-49(50)54)53(40-21-10-7-11-22-40)56(41-23-12-8-13-24-41)60(52)45-34-32-44(33-35-45)59(43-26-14-9-15-27-43)46-31-30-39-20-16-17-25-42(39)36-46/h7-38H,1-6H3. The SMILES string of the molecule is CC(C)(C)c1c2ccccc2c(C(C)(C)C)c2cc3c(cc12)c(-c1ccccc1)c(-c1ccccc1)n3-c1ccc(N(c2ccccc2)c2ccc3ccccc3c2)cc1. The van der Waals surface area contributed by atoms with Gasteiger partial charge in [-0.05, 0) is 126 Å². The van der Waals surface area contributed by atoms with Crippen molar-refractivity contribution in [3.8, 4) is 28.1 Å². The molecule has 60 heavy (non-hydrogen) atoms. The highest BCUT2D eigenvalue weighted by molar-refractivity contribution is 6.16. The number of rotatable bonds is 6. The van der Waals surface area contributed by atoms with E-state index in [9.17, 15) is 0 Å². The van der Waals surface area contributed by atoms with E-state index in [0.717, 1.165) is 22.7 Å². The van der Waals surface area contributed by atoms with Crippen LogP contribution < -0.4 is 4.90 Å². The first-order chi connectivity index (χ1) is 29.1. The molecule has 0 radical (unpaired) electrons. The van der Waals surface area contributed by atoms with Crippen molar-refractivity contribution in [3.63, 3.8) is 0 Å². The fourth-order valence-electron chi connectivity index (χ4n) is 9.70. The van der Waals surface area contributed by atoms with Crippen molar-refractivity contribution >= 4 is 60.3 Å². The van der Waals surface area contributed by atoms with Gasteiger partial charge in [0, 0.05) is 33.7 Å². The molecule has 10 rings (SSSR count). The Bertz CT molecular complexity index is 3180. The second-order valence-corrected chi connectivity index (χ2v) is 18.2. The third-order valence-electron chi connectivity index (χ3n) is 12.1. The highest BCUT2D eigenvalue weighted by Crippen LogP contribution is 2.49. The Balaban J connectivity index is 1.30. The molecule has 2 heteroatoms. The highest BCUT2D eigenvalue weighted by atomic mass is 15.1. The first-order valence-corrected chi connectivity index (χ1v) is 21.2. The van der Waals surface area contributed by atoms with Crippen LogP contribution in [-0.2, 0) is 10.8 Å². The van der Waals surface area contributed by atoms with Gasteiger partial charge in [-0.1, -0.05) is 175 Å². The Morgan fingerprint density at radius 3 is 1.45 bits per heavy atom. The number of nitrogens with zero attached hydrogens (tertiary/aromatic N) is 2. The lowest BCUT2D eigenvalue weighted by molar-refractivity contribution is 0.593. The molecule has 1 heterocycles. The van der Waals surface area contributed by atoms with E-state index in [0.29, 0.717) is 0 Å². The van der Waals surface area contributed by atoms with E-state index >= 15 is 0 Å². The minimum absolute atomic E-state index is 0.0921. The number of aromatic nitrogens is 1. The van der Waals surface area contributed by atoms with Gasteiger partial charge in [0.2, 0.25) is 0 Å². The van der Waals surface area contributed by atoms with Gasteiger partial charge in [-0.15, -0.1) is 0 Å². The summed E-state index contributed by atoms with van der Waals surface area (Å²) in [5, 5.41) is 9.03. The molecule has 2 nitrogen and oxygen atoms in total. The van der Waals surface area contributed by atoms with Crippen LogP contribution in [0.25, 0.3) is 71.3 Å². The minimum Gasteiger partial charge on any atom is -0.310 e. The van der Waals surface area contributed by atoms with Crippen molar-refractivity contribution < 1.29 is 0 Å². The van der Waals surface area contributed by atoms with E-state index < -0.39 is 0 Å². The average molecular weight is 775 g/mol. The summed E-state index contributed by atoms with van der Waals surface area (Å²) in [5.41, 5.74) is 13.1. The zero-order chi connectivity index (χ0) is 41.2. The Labute approximate surface area is 354 Å². The van der Waals surface area contributed by atoms with Gasteiger partial charge in [-0.3, -0.25) is 0 Å². The van der Waals surface area contributed by atoms with E-state index in [1.54, 1.807) is 0 Å². The van der Waals surface area contributed by atoms with E-state index in [1.165, 1.54) is 76.7 Å². The van der Waals surface area contributed by atoms with Crippen molar-refractivity contribution in [1.82, 2.24) is 4.57 Å². The Morgan fingerprint density at radius 2 is 0.850 bits per heavy atom. The summed E-state index contributed by atoms with van der Waals surface area (Å²) in [4.78, 5) is 2.36. The molecule has 0 saturated carbocycles. The molecule has 292 valence electrons. The zero-order valence-corrected chi connectivity index (χ0v) is 35.4.